The van der Waals surface area contributed by atoms with Gasteiger partial charge in [0.1, 0.15) is 6.61 Å². The Balaban J connectivity index is 1.73. The smallest absolute Gasteiger partial charge is 0.176 e. The lowest BCUT2D eigenvalue weighted by molar-refractivity contribution is 0.261. The third-order valence-electron chi connectivity index (χ3n) is 2.68. The fourth-order valence-corrected chi connectivity index (χ4v) is 1.75. The van der Waals surface area contributed by atoms with Crippen molar-refractivity contribution in [2.45, 2.75) is 32.4 Å². The number of aromatic nitrogens is 4. The van der Waals surface area contributed by atoms with Gasteiger partial charge in [0.15, 0.2) is 5.82 Å². The van der Waals surface area contributed by atoms with Gasteiger partial charge in [-0.2, -0.15) is 0 Å². The zero-order valence-corrected chi connectivity index (χ0v) is 9.66. The van der Waals surface area contributed by atoms with Crippen LogP contribution in [0.4, 0.5) is 0 Å². The molecule has 2 rings (SSSR count). The van der Waals surface area contributed by atoms with E-state index in [1.165, 1.54) is 5.56 Å². The standard InChI is InChI=1S/C12H16N4O/c17-10-12-13-14-15-16(12)9-5-4-8-11-6-2-1-3-7-11/h1-3,6-7,17H,4-5,8-10H2. The molecule has 1 heterocycles. The molecule has 1 aromatic carbocycles. The third kappa shape index (κ3) is 3.35. The van der Waals surface area contributed by atoms with Gasteiger partial charge in [0.05, 0.1) is 0 Å². The molecule has 0 bridgehead atoms. The molecule has 0 aliphatic carbocycles. The highest BCUT2D eigenvalue weighted by atomic mass is 16.3. The van der Waals surface area contributed by atoms with Gasteiger partial charge >= 0.3 is 0 Å². The zero-order chi connectivity index (χ0) is 11.9. The number of benzene rings is 1. The van der Waals surface area contributed by atoms with Crippen LogP contribution in [-0.2, 0) is 19.6 Å². The van der Waals surface area contributed by atoms with Gasteiger partial charge in [0.2, 0.25) is 0 Å². The van der Waals surface area contributed by atoms with Gasteiger partial charge in [-0.15, -0.1) is 5.10 Å². The summed E-state index contributed by atoms with van der Waals surface area (Å²) in [4.78, 5) is 0. The van der Waals surface area contributed by atoms with E-state index < -0.39 is 0 Å². The largest absolute Gasteiger partial charge is 0.388 e. The molecule has 0 fully saturated rings. The zero-order valence-electron chi connectivity index (χ0n) is 9.66. The Labute approximate surface area is 100 Å². The molecule has 0 atom stereocenters. The molecule has 2 aromatic rings. The SMILES string of the molecule is OCc1nnnn1CCCCc1ccccc1. The molecule has 5 heteroatoms. The summed E-state index contributed by atoms with van der Waals surface area (Å²) in [6.45, 7) is 0.654. The van der Waals surface area contributed by atoms with Crippen molar-refractivity contribution in [1.82, 2.24) is 20.2 Å². The van der Waals surface area contributed by atoms with Gasteiger partial charge in [0.25, 0.3) is 0 Å². The summed E-state index contributed by atoms with van der Waals surface area (Å²) in [6, 6.07) is 10.4. The van der Waals surface area contributed by atoms with Crippen molar-refractivity contribution >= 4 is 0 Å². The second kappa shape index (κ2) is 6.10. The number of rotatable bonds is 6. The third-order valence-corrected chi connectivity index (χ3v) is 2.68. The van der Waals surface area contributed by atoms with Crippen LogP contribution in [0.3, 0.4) is 0 Å². The van der Waals surface area contributed by atoms with E-state index >= 15 is 0 Å². The molecule has 1 aromatic heterocycles. The molecule has 0 unspecified atom stereocenters. The number of hydrogen-bond acceptors (Lipinski definition) is 4. The Hall–Kier alpha value is -1.75. The lowest BCUT2D eigenvalue weighted by Crippen LogP contribution is -2.06. The predicted molar refractivity (Wildman–Crippen MR) is 63.1 cm³/mol. The summed E-state index contributed by atoms with van der Waals surface area (Å²) in [6.07, 6.45) is 3.17. The van der Waals surface area contributed by atoms with Crippen molar-refractivity contribution in [2.24, 2.45) is 0 Å². The van der Waals surface area contributed by atoms with Crippen LogP contribution < -0.4 is 0 Å². The van der Waals surface area contributed by atoms with E-state index in [2.05, 4.69) is 39.8 Å². The Kier molecular flexibility index (Phi) is 4.21. The van der Waals surface area contributed by atoms with Crippen LogP contribution in [0.25, 0.3) is 0 Å². The van der Waals surface area contributed by atoms with Gasteiger partial charge in [-0.25, -0.2) is 4.68 Å². The highest BCUT2D eigenvalue weighted by molar-refractivity contribution is 5.14. The molecule has 0 aliphatic heterocycles. The number of nitrogens with zero attached hydrogens (tertiary/aromatic N) is 4. The number of unbranched alkanes of at least 4 members (excludes halogenated alkanes) is 1. The molecule has 90 valence electrons. The molecule has 0 aliphatic rings. The van der Waals surface area contributed by atoms with Crippen LogP contribution >= 0.6 is 0 Å². The highest BCUT2D eigenvalue weighted by Crippen LogP contribution is 2.05. The van der Waals surface area contributed by atoms with Crippen molar-refractivity contribution in [3.8, 4) is 0 Å². The minimum absolute atomic E-state index is 0.105. The molecule has 0 radical (unpaired) electrons. The van der Waals surface area contributed by atoms with Crippen LogP contribution in [-0.4, -0.2) is 25.3 Å². The maximum Gasteiger partial charge on any atom is 0.176 e. The summed E-state index contributed by atoms with van der Waals surface area (Å²) < 4.78 is 1.66. The Morgan fingerprint density at radius 1 is 1.12 bits per heavy atom. The predicted octanol–water partition coefficient (Wildman–Crippen LogP) is 1.19. The fraction of sp³-hybridized carbons (Fsp3) is 0.417. The van der Waals surface area contributed by atoms with Crippen molar-refractivity contribution in [2.75, 3.05) is 0 Å². The van der Waals surface area contributed by atoms with Crippen molar-refractivity contribution < 1.29 is 5.11 Å². The Bertz CT molecular complexity index is 441. The van der Waals surface area contributed by atoms with E-state index in [9.17, 15) is 0 Å². The maximum absolute atomic E-state index is 8.98. The first-order valence-corrected chi connectivity index (χ1v) is 5.80. The molecule has 0 saturated carbocycles. The fourth-order valence-electron chi connectivity index (χ4n) is 1.75. The second-order valence-corrected chi connectivity index (χ2v) is 3.92. The molecule has 0 amide bonds. The summed E-state index contributed by atoms with van der Waals surface area (Å²) in [5.74, 6) is 0.532. The van der Waals surface area contributed by atoms with E-state index in [-0.39, 0.29) is 6.61 Å². The van der Waals surface area contributed by atoms with E-state index in [1.54, 1.807) is 4.68 Å². The number of tetrazole rings is 1. The van der Waals surface area contributed by atoms with E-state index in [4.69, 9.17) is 5.11 Å². The number of aliphatic hydroxyl groups excluding tert-OH is 1. The molecule has 0 saturated heterocycles. The number of hydrogen-bond donors (Lipinski definition) is 1. The van der Waals surface area contributed by atoms with Crippen molar-refractivity contribution in [3.05, 3.63) is 41.7 Å². The molecule has 5 nitrogen and oxygen atoms in total. The first-order valence-electron chi connectivity index (χ1n) is 5.80. The Morgan fingerprint density at radius 3 is 2.71 bits per heavy atom. The summed E-state index contributed by atoms with van der Waals surface area (Å²) in [5.41, 5.74) is 1.35. The lowest BCUT2D eigenvalue weighted by Gasteiger charge is -2.03. The normalized spacial score (nSPS) is 10.6. The van der Waals surface area contributed by atoms with Crippen LogP contribution in [0.2, 0.25) is 0 Å². The van der Waals surface area contributed by atoms with Crippen LogP contribution in [0.15, 0.2) is 30.3 Å². The first-order chi connectivity index (χ1) is 8.40. The number of aliphatic hydroxyl groups is 1. The quantitative estimate of drug-likeness (QED) is 0.760. The number of aryl methyl sites for hydroxylation is 2. The average molecular weight is 232 g/mol. The van der Waals surface area contributed by atoms with E-state index in [0.717, 1.165) is 25.8 Å². The summed E-state index contributed by atoms with van der Waals surface area (Å²) in [7, 11) is 0. The molecular weight excluding hydrogens is 216 g/mol. The Morgan fingerprint density at radius 2 is 1.94 bits per heavy atom. The molecular formula is C12H16N4O. The van der Waals surface area contributed by atoms with Gasteiger partial charge < -0.3 is 5.11 Å². The van der Waals surface area contributed by atoms with Gasteiger partial charge in [0, 0.05) is 6.54 Å². The van der Waals surface area contributed by atoms with Gasteiger partial charge in [-0.1, -0.05) is 30.3 Å². The summed E-state index contributed by atoms with van der Waals surface area (Å²) >= 11 is 0. The monoisotopic (exact) mass is 232 g/mol. The van der Waals surface area contributed by atoms with E-state index in [1.807, 2.05) is 6.07 Å². The van der Waals surface area contributed by atoms with Gasteiger partial charge in [-0.3, -0.25) is 0 Å². The maximum atomic E-state index is 8.98. The second-order valence-electron chi connectivity index (χ2n) is 3.92. The molecule has 0 spiro atoms. The molecule has 1 N–H and O–H groups in total. The highest BCUT2D eigenvalue weighted by Gasteiger charge is 2.03. The van der Waals surface area contributed by atoms with Crippen LogP contribution in [0.1, 0.15) is 24.2 Å². The summed E-state index contributed by atoms with van der Waals surface area (Å²) in [5, 5.41) is 20.1. The van der Waals surface area contributed by atoms with Gasteiger partial charge in [-0.05, 0) is 35.3 Å². The molecule has 17 heavy (non-hydrogen) atoms. The minimum atomic E-state index is -0.105. The van der Waals surface area contributed by atoms with Crippen LogP contribution in [0, 0.1) is 0 Å². The first kappa shape index (κ1) is 11.7. The van der Waals surface area contributed by atoms with Crippen molar-refractivity contribution in [1.29, 1.82) is 0 Å². The lowest BCUT2D eigenvalue weighted by atomic mass is 10.1. The average Bonchev–Trinajstić information content (AvgIpc) is 2.83. The van der Waals surface area contributed by atoms with E-state index in [0.29, 0.717) is 5.82 Å². The van der Waals surface area contributed by atoms with Crippen LogP contribution in [0.5, 0.6) is 0 Å². The van der Waals surface area contributed by atoms with Crippen molar-refractivity contribution in [3.63, 3.8) is 0 Å². The minimum Gasteiger partial charge on any atom is -0.388 e. The topological polar surface area (TPSA) is 63.8 Å².